The van der Waals surface area contributed by atoms with Gasteiger partial charge in [0.1, 0.15) is 11.5 Å². The molecule has 0 radical (unpaired) electrons. The van der Waals surface area contributed by atoms with E-state index in [1.807, 2.05) is 52.0 Å². The number of fused-ring (bicyclic) bond motifs is 1. The van der Waals surface area contributed by atoms with Crippen molar-refractivity contribution in [3.8, 4) is 11.5 Å². The third-order valence-electron chi connectivity index (χ3n) is 4.13. The standard InChI is InChI=1S/C18H19NO3.C2H6/c1-11(2)14-7-15(17(21)8-16(14)20)18(22)19-9-12-5-3-4-6-13(12)10-19;1-2/h3-8,11,20-21H,9-10H2,1-2H3;1-2H3. The van der Waals surface area contributed by atoms with Gasteiger partial charge in [-0.25, -0.2) is 0 Å². The Kier molecular flexibility index (Phi) is 5.50. The number of rotatable bonds is 2. The average molecular weight is 327 g/mol. The molecule has 4 nitrogen and oxygen atoms in total. The average Bonchev–Trinajstić information content (AvgIpc) is 3.00. The summed E-state index contributed by atoms with van der Waals surface area (Å²) in [6.45, 7) is 8.97. The smallest absolute Gasteiger partial charge is 0.258 e. The van der Waals surface area contributed by atoms with E-state index in [1.165, 1.54) is 6.07 Å². The van der Waals surface area contributed by atoms with Gasteiger partial charge in [0.25, 0.3) is 5.91 Å². The van der Waals surface area contributed by atoms with E-state index in [9.17, 15) is 15.0 Å². The second kappa shape index (κ2) is 7.39. The van der Waals surface area contributed by atoms with E-state index in [0.29, 0.717) is 18.7 Å². The number of amides is 1. The van der Waals surface area contributed by atoms with Crippen molar-refractivity contribution >= 4 is 5.91 Å². The molecule has 1 heterocycles. The van der Waals surface area contributed by atoms with E-state index in [0.717, 1.165) is 11.1 Å². The van der Waals surface area contributed by atoms with Crippen molar-refractivity contribution in [2.45, 2.75) is 46.7 Å². The van der Waals surface area contributed by atoms with E-state index < -0.39 is 0 Å². The summed E-state index contributed by atoms with van der Waals surface area (Å²) >= 11 is 0. The second-order valence-electron chi connectivity index (χ2n) is 6.01. The van der Waals surface area contributed by atoms with Crippen LogP contribution in [0.4, 0.5) is 0 Å². The highest BCUT2D eigenvalue weighted by molar-refractivity contribution is 5.97. The Bertz CT molecular complexity index is 713. The molecule has 2 aromatic rings. The van der Waals surface area contributed by atoms with E-state index >= 15 is 0 Å². The van der Waals surface area contributed by atoms with Gasteiger partial charge in [0, 0.05) is 19.2 Å². The molecule has 1 aliphatic heterocycles. The maximum absolute atomic E-state index is 12.7. The highest BCUT2D eigenvalue weighted by Gasteiger charge is 2.26. The maximum atomic E-state index is 12.7. The van der Waals surface area contributed by atoms with Gasteiger partial charge in [-0.15, -0.1) is 0 Å². The zero-order chi connectivity index (χ0) is 17.9. The molecular formula is C20H25NO3. The first kappa shape index (κ1) is 17.9. The number of carbonyl (C=O) groups is 1. The highest BCUT2D eigenvalue weighted by Crippen LogP contribution is 2.34. The van der Waals surface area contributed by atoms with Crippen molar-refractivity contribution in [1.29, 1.82) is 0 Å². The Hall–Kier alpha value is -2.49. The van der Waals surface area contributed by atoms with Crippen LogP contribution in [0.2, 0.25) is 0 Å². The Morgan fingerprint density at radius 2 is 1.54 bits per heavy atom. The van der Waals surface area contributed by atoms with Gasteiger partial charge in [0.2, 0.25) is 0 Å². The molecule has 0 atom stereocenters. The zero-order valence-corrected chi connectivity index (χ0v) is 14.7. The Morgan fingerprint density at radius 3 is 2.04 bits per heavy atom. The van der Waals surface area contributed by atoms with Gasteiger partial charge in [-0.2, -0.15) is 0 Å². The van der Waals surface area contributed by atoms with Gasteiger partial charge >= 0.3 is 0 Å². The van der Waals surface area contributed by atoms with Crippen LogP contribution in [0.5, 0.6) is 11.5 Å². The Morgan fingerprint density at radius 1 is 1.00 bits per heavy atom. The predicted molar refractivity (Wildman–Crippen MR) is 95.2 cm³/mol. The lowest BCUT2D eigenvalue weighted by Crippen LogP contribution is -2.25. The van der Waals surface area contributed by atoms with Crippen LogP contribution in [0, 0.1) is 0 Å². The molecule has 2 aromatic carbocycles. The lowest BCUT2D eigenvalue weighted by molar-refractivity contribution is 0.0748. The lowest BCUT2D eigenvalue weighted by atomic mass is 9.98. The molecule has 0 aromatic heterocycles. The van der Waals surface area contributed by atoms with Gasteiger partial charge in [0.05, 0.1) is 5.56 Å². The predicted octanol–water partition coefficient (Wildman–Crippen LogP) is 4.40. The molecule has 1 aliphatic rings. The SMILES string of the molecule is CC.CC(C)c1cc(C(=O)N2Cc3ccccc3C2)c(O)cc1O. The van der Waals surface area contributed by atoms with Crippen LogP contribution < -0.4 is 0 Å². The third kappa shape index (κ3) is 3.37. The van der Waals surface area contributed by atoms with Crippen LogP contribution in [0.15, 0.2) is 36.4 Å². The summed E-state index contributed by atoms with van der Waals surface area (Å²) in [6, 6.07) is 10.8. The number of nitrogens with zero attached hydrogens (tertiary/aromatic N) is 1. The van der Waals surface area contributed by atoms with Crippen LogP contribution in [0.25, 0.3) is 0 Å². The summed E-state index contributed by atoms with van der Waals surface area (Å²) in [5, 5.41) is 19.9. The highest BCUT2D eigenvalue weighted by atomic mass is 16.3. The molecule has 2 N–H and O–H groups in total. The fourth-order valence-electron chi connectivity index (χ4n) is 2.87. The number of phenols is 2. The van der Waals surface area contributed by atoms with Crippen LogP contribution in [0.1, 0.15) is 60.7 Å². The van der Waals surface area contributed by atoms with Gasteiger partial charge in [-0.05, 0) is 28.7 Å². The Balaban J connectivity index is 0.00000100. The van der Waals surface area contributed by atoms with Crippen molar-refractivity contribution in [3.05, 3.63) is 58.7 Å². The van der Waals surface area contributed by atoms with Crippen molar-refractivity contribution in [2.24, 2.45) is 0 Å². The first-order chi connectivity index (χ1) is 11.5. The first-order valence-corrected chi connectivity index (χ1v) is 8.39. The normalized spacial score (nSPS) is 12.6. The largest absolute Gasteiger partial charge is 0.508 e. The minimum absolute atomic E-state index is 0.0220. The molecule has 1 amide bonds. The molecule has 24 heavy (non-hydrogen) atoms. The minimum Gasteiger partial charge on any atom is -0.508 e. The number of aromatic hydroxyl groups is 2. The lowest BCUT2D eigenvalue weighted by Gasteiger charge is -2.18. The number of phenolic OH excluding ortho intramolecular Hbond substituents is 2. The third-order valence-corrected chi connectivity index (χ3v) is 4.13. The van der Waals surface area contributed by atoms with E-state index in [2.05, 4.69) is 0 Å². The Labute approximate surface area is 143 Å². The number of hydrogen-bond donors (Lipinski definition) is 2. The topological polar surface area (TPSA) is 60.8 Å². The molecule has 0 unspecified atom stereocenters. The summed E-state index contributed by atoms with van der Waals surface area (Å²) in [5.74, 6) is -0.296. The van der Waals surface area contributed by atoms with Crippen LogP contribution in [-0.2, 0) is 13.1 Å². The van der Waals surface area contributed by atoms with Gasteiger partial charge in [0.15, 0.2) is 0 Å². The van der Waals surface area contributed by atoms with Gasteiger partial charge < -0.3 is 15.1 Å². The molecule has 0 aliphatic carbocycles. The summed E-state index contributed by atoms with van der Waals surface area (Å²) < 4.78 is 0. The molecule has 0 saturated carbocycles. The summed E-state index contributed by atoms with van der Waals surface area (Å²) in [5.41, 5.74) is 3.18. The second-order valence-corrected chi connectivity index (χ2v) is 6.01. The van der Waals surface area contributed by atoms with Crippen molar-refractivity contribution < 1.29 is 15.0 Å². The quantitative estimate of drug-likeness (QED) is 0.859. The minimum atomic E-state index is -0.212. The van der Waals surface area contributed by atoms with Gasteiger partial charge in [-0.3, -0.25) is 4.79 Å². The fourth-order valence-corrected chi connectivity index (χ4v) is 2.87. The van der Waals surface area contributed by atoms with E-state index in [1.54, 1.807) is 11.0 Å². The number of carbonyl (C=O) groups excluding carboxylic acids is 1. The molecule has 0 saturated heterocycles. The molecule has 3 rings (SSSR count). The van der Waals surface area contributed by atoms with Crippen molar-refractivity contribution in [2.75, 3.05) is 0 Å². The zero-order valence-electron chi connectivity index (χ0n) is 14.7. The molecule has 4 heteroatoms. The summed E-state index contributed by atoms with van der Waals surface area (Å²) in [6.07, 6.45) is 0. The maximum Gasteiger partial charge on any atom is 0.258 e. The molecule has 0 fully saturated rings. The first-order valence-electron chi connectivity index (χ1n) is 8.39. The van der Waals surface area contributed by atoms with Gasteiger partial charge in [-0.1, -0.05) is 52.0 Å². The van der Waals surface area contributed by atoms with Crippen LogP contribution in [0.3, 0.4) is 0 Å². The van der Waals surface area contributed by atoms with Crippen molar-refractivity contribution in [3.63, 3.8) is 0 Å². The van der Waals surface area contributed by atoms with Crippen LogP contribution >= 0.6 is 0 Å². The summed E-state index contributed by atoms with van der Waals surface area (Å²) in [4.78, 5) is 14.4. The molecule has 0 spiro atoms. The number of benzene rings is 2. The van der Waals surface area contributed by atoms with E-state index in [-0.39, 0.29) is 28.9 Å². The van der Waals surface area contributed by atoms with Crippen LogP contribution in [-0.4, -0.2) is 21.0 Å². The monoisotopic (exact) mass is 327 g/mol. The molecule has 0 bridgehead atoms. The summed E-state index contributed by atoms with van der Waals surface area (Å²) in [7, 11) is 0. The van der Waals surface area contributed by atoms with Crippen molar-refractivity contribution in [1.82, 2.24) is 4.90 Å². The molecule has 128 valence electrons. The molecular weight excluding hydrogens is 302 g/mol. The number of hydrogen-bond acceptors (Lipinski definition) is 3. The van der Waals surface area contributed by atoms with E-state index in [4.69, 9.17) is 0 Å². The fraction of sp³-hybridized carbons (Fsp3) is 0.350.